The van der Waals surface area contributed by atoms with Gasteiger partial charge in [0.25, 0.3) is 11.8 Å². The van der Waals surface area contributed by atoms with Gasteiger partial charge in [-0.2, -0.15) is 0 Å². The van der Waals surface area contributed by atoms with Gasteiger partial charge in [-0.25, -0.2) is 4.39 Å². The van der Waals surface area contributed by atoms with Crippen LogP contribution < -0.4 is 5.32 Å². The van der Waals surface area contributed by atoms with E-state index in [0.717, 1.165) is 18.9 Å². The maximum absolute atomic E-state index is 14.0. The number of piperidine rings is 1. The Labute approximate surface area is 219 Å². The number of nitrogens with one attached hydrogen (secondary N) is 1. The molecule has 1 spiro atoms. The summed E-state index contributed by atoms with van der Waals surface area (Å²) in [7, 11) is 0. The van der Waals surface area contributed by atoms with E-state index in [0.29, 0.717) is 49.7 Å². The van der Waals surface area contributed by atoms with Crippen LogP contribution in [-0.2, 0) is 14.3 Å². The molecule has 8 nitrogen and oxygen atoms in total. The zero-order valence-electron chi connectivity index (χ0n) is 20.3. The highest BCUT2D eigenvalue weighted by Crippen LogP contribution is 2.39. The van der Waals surface area contributed by atoms with Gasteiger partial charge in [-0.15, -0.1) is 0 Å². The lowest BCUT2D eigenvalue weighted by atomic mass is 9.96. The van der Waals surface area contributed by atoms with Crippen molar-refractivity contribution in [3.63, 3.8) is 0 Å². The Morgan fingerprint density at radius 3 is 2.46 bits per heavy atom. The normalized spacial score (nSPS) is 22.9. The van der Waals surface area contributed by atoms with Crippen LogP contribution in [0.3, 0.4) is 0 Å². The van der Waals surface area contributed by atoms with E-state index in [2.05, 4.69) is 5.32 Å². The van der Waals surface area contributed by atoms with Crippen molar-refractivity contribution in [2.75, 3.05) is 32.8 Å². The van der Waals surface area contributed by atoms with Crippen LogP contribution >= 0.6 is 11.6 Å². The van der Waals surface area contributed by atoms with Crippen LogP contribution in [0.4, 0.5) is 4.39 Å². The fourth-order valence-electron chi connectivity index (χ4n) is 5.33. The minimum Gasteiger partial charge on any atom is -0.376 e. The number of amides is 3. The number of carbonyl (C=O) groups is 3. The van der Waals surface area contributed by atoms with E-state index in [1.165, 1.54) is 23.1 Å². The Balaban J connectivity index is 1.35. The lowest BCUT2D eigenvalue weighted by Crippen LogP contribution is -2.60. The quantitative estimate of drug-likeness (QED) is 0.642. The molecule has 10 heteroatoms. The molecule has 3 saturated heterocycles. The fraction of sp³-hybridized carbons (Fsp3) is 0.444. The number of rotatable bonds is 5. The first-order valence-electron chi connectivity index (χ1n) is 12.5. The molecule has 3 aliphatic rings. The number of nitrogens with zero attached hydrogens (tertiary/aromatic N) is 2. The summed E-state index contributed by atoms with van der Waals surface area (Å²) in [5, 5.41) is 3.38. The van der Waals surface area contributed by atoms with E-state index in [9.17, 15) is 18.8 Å². The maximum Gasteiger partial charge on any atom is 0.256 e. The molecule has 0 unspecified atom stereocenters. The second kappa shape index (κ2) is 10.8. The van der Waals surface area contributed by atoms with Crippen LogP contribution in [0.15, 0.2) is 48.5 Å². The molecule has 0 aromatic heterocycles. The fourth-order valence-corrected chi connectivity index (χ4v) is 5.52. The minimum atomic E-state index is -1.08. The van der Waals surface area contributed by atoms with E-state index in [-0.39, 0.29) is 30.1 Å². The van der Waals surface area contributed by atoms with Crippen molar-refractivity contribution >= 4 is 29.3 Å². The van der Waals surface area contributed by atoms with Gasteiger partial charge in [-0.05, 0) is 49.2 Å². The van der Waals surface area contributed by atoms with Gasteiger partial charge in [-0.3, -0.25) is 19.3 Å². The zero-order valence-corrected chi connectivity index (χ0v) is 21.1. The SMILES string of the molecule is O=C(NC[C@@H]1CCCO1)[C@H]1COC2(CCN(C(=O)c3cccc(Cl)c3)CC2)N1C(=O)c1cccc(F)c1. The summed E-state index contributed by atoms with van der Waals surface area (Å²) in [6, 6.07) is 11.3. The van der Waals surface area contributed by atoms with Gasteiger partial charge in [0.15, 0.2) is 0 Å². The summed E-state index contributed by atoms with van der Waals surface area (Å²) in [4.78, 5) is 43.1. The second-order valence-electron chi connectivity index (χ2n) is 9.64. The van der Waals surface area contributed by atoms with Crippen molar-refractivity contribution in [3.8, 4) is 0 Å². The lowest BCUT2D eigenvalue weighted by Gasteiger charge is -2.44. The van der Waals surface area contributed by atoms with Gasteiger partial charge in [0.05, 0.1) is 12.7 Å². The number of halogens is 2. The molecule has 3 aliphatic heterocycles. The van der Waals surface area contributed by atoms with Crippen LogP contribution in [0.2, 0.25) is 5.02 Å². The average Bonchev–Trinajstić information content (AvgIpc) is 3.55. The standard InChI is InChI=1S/C27H29ClFN3O5/c28-20-6-1-4-18(14-20)25(34)31-11-9-27(10-12-31)32(26(35)19-5-2-7-21(29)15-19)23(17-37-27)24(33)30-16-22-8-3-13-36-22/h1-2,4-7,14-15,22-23H,3,8-13,16-17H2,(H,30,33)/t22-,23+/m0/s1. The number of ether oxygens (including phenoxy) is 2. The third-order valence-corrected chi connectivity index (χ3v) is 7.52. The third-order valence-electron chi connectivity index (χ3n) is 7.29. The molecule has 37 heavy (non-hydrogen) atoms. The van der Waals surface area contributed by atoms with E-state index in [1.54, 1.807) is 29.2 Å². The smallest absolute Gasteiger partial charge is 0.256 e. The Kier molecular flexibility index (Phi) is 7.46. The molecular formula is C27H29ClFN3O5. The topological polar surface area (TPSA) is 88.2 Å². The highest BCUT2D eigenvalue weighted by molar-refractivity contribution is 6.30. The largest absolute Gasteiger partial charge is 0.376 e. The number of hydrogen-bond donors (Lipinski definition) is 1. The van der Waals surface area contributed by atoms with Crippen molar-refractivity contribution in [1.82, 2.24) is 15.1 Å². The number of benzene rings is 2. The Hall–Kier alpha value is -3.01. The van der Waals surface area contributed by atoms with Crippen molar-refractivity contribution < 1.29 is 28.2 Å². The summed E-state index contributed by atoms with van der Waals surface area (Å²) < 4.78 is 25.8. The predicted molar refractivity (Wildman–Crippen MR) is 134 cm³/mol. The van der Waals surface area contributed by atoms with Crippen molar-refractivity contribution in [3.05, 3.63) is 70.5 Å². The first kappa shape index (κ1) is 25.6. The molecule has 3 fully saturated rings. The molecule has 0 saturated carbocycles. The molecule has 5 rings (SSSR count). The van der Waals surface area contributed by atoms with Gasteiger partial charge in [-0.1, -0.05) is 23.7 Å². The van der Waals surface area contributed by atoms with Crippen LogP contribution in [0.25, 0.3) is 0 Å². The molecule has 3 heterocycles. The Morgan fingerprint density at radius 2 is 1.78 bits per heavy atom. The molecule has 3 amide bonds. The van der Waals surface area contributed by atoms with Crippen molar-refractivity contribution in [2.45, 2.75) is 43.6 Å². The highest BCUT2D eigenvalue weighted by atomic mass is 35.5. The average molecular weight is 530 g/mol. The van der Waals surface area contributed by atoms with E-state index >= 15 is 0 Å². The highest BCUT2D eigenvalue weighted by Gasteiger charge is 2.54. The van der Waals surface area contributed by atoms with Crippen LogP contribution in [-0.4, -0.2) is 78.2 Å². The summed E-state index contributed by atoms with van der Waals surface area (Å²) in [6.45, 7) is 1.68. The van der Waals surface area contributed by atoms with Crippen molar-refractivity contribution in [1.29, 1.82) is 0 Å². The molecule has 1 N–H and O–H groups in total. The molecular weight excluding hydrogens is 501 g/mol. The molecule has 2 aromatic rings. The van der Waals surface area contributed by atoms with Gasteiger partial charge in [0.1, 0.15) is 17.6 Å². The van der Waals surface area contributed by atoms with Gasteiger partial charge in [0.2, 0.25) is 5.91 Å². The third kappa shape index (κ3) is 5.35. The van der Waals surface area contributed by atoms with Crippen molar-refractivity contribution in [2.24, 2.45) is 0 Å². The molecule has 2 atom stereocenters. The monoisotopic (exact) mass is 529 g/mol. The minimum absolute atomic E-state index is 0.0145. The van der Waals surface area contributed by atoms with Crippen LogP contribution in [0.1, 0.15) is 46.4 Å². The summed E-state index contributed by atoms with van der Waals surface area (Å²) >= 11 is 6.06. The maximum atomic E-state index is 14.0. The molecule has 0 radical (unpaired) electrons. The molecule has 0 bridgehead atoms. The zero-order chi connectivity index (χ0) is 26.0. The number of likely N-dealkylation sites (tertiary alicyclic amines) is 1. The summed E-state index contributed by atoms with van der Waals surface area (Å²) in [5.41, 5.74) is -0.463. The van der Waals surface area contributed by atoms with Crippen LogP contribution in [0.5, 0.6) is 0 Å². The van der Waals surface area contributed by atoms with E-state index in [4.69, 9.17) is 21.1 Å². The van der Waals surface area contributed by atoms with Gasteiger partial charge < -0.3 is 19.7 Å². The number of hydrogen-bond acceptors (Lipinski definition) is 5. The first-order valence-corrected chi connectivity index (χ1v) is 12.9. The Morgan fingerprint density at radius 1 is 1.05 bits per heavy atom. The van der Waals surface area contributed by atoms with Gasteiger partial charge >= 0.3 is 0 Å². The molecule has 0 aliphatic carbocycles. The van der Waals surface area contributed by atoms with Crippen LogP contribution in [0, 0.1) is 5.82 Å². The van der Waals surface area contributed by atoms with Gasteiger partial charge in [0, 0.05) is 55.2 Å². The molecule has 196 valence electrons. The summed E-state index contributed by atoms with van der Waals surface area (Å²) in [5.74, 6) is -1.52. The first-order chi connectivity index (χ1) is 17.9. The number of carbonyl (C=O) groups excluding carboxylic acids is 3. The predicted octanol–water partition coefficient (Wildman–Crippen LogP) is 3.25. The molecule has 2 aromatic carbocycles. The van der Waals surface area contributed by atoms with E-state index in [1.807, 2.05) is 0 Å². The Bertz CT molecular complexity index is 1180. The summed E-state index contributed by atoms with van der Waals surface area (Å²) in [6.07, 6.45) is 2.40. The van der Waals surface area contributed by atoms with E-state index < -0.39 is 23.5 Å². The lowest BCUT2D eigenvalue weighted by molar-refractivity contribution is -0.128. The second-order valence-corrected chi connectivity index (χ2v) is 10.1.